The number of hydrogen-bond acceptors (Lipinski definition) is 6. The van der Waals surface area contributed by atoms with Crippen LogP contribution in [-0.4, -0.2) is 43.0 Å². The van der Waals surface area contributed by atoms with Crippen molar-refractivity contribution in [3.05, 3.63) is 76.3 Å². The highest BCUT2D eigenvalue weighted by molar-refractivity contribution is 5.79. The van der Waals surface area contributed by atoms with Gasteiger partial charge >= 0.3 is 0 Å². The number of aromatic nitrogens is 2. The molecule has 0 aliphatic carbocycles. The predicted octanol–water partition coefficient (Wildman–Crippen LogP) is 2.92. The summed E-state index contributed by atoms with van der Waals surface area (Å²) in [4.78, 5) is 27.2. The van der Waals surface area contributed by atoms with Crippen LogP contribution in [0, 0.1) is 11.7 Å². The average Bonchev–Trinajstić information content (AvgIpc) is 2.88. The third kappa shape index (κ3) is 5.19. The summed E-state index contributed by atoms with van der Waals surface area (Å²) in [5, 5.41) is 7.48. The zero-order valence-corrected chi connectivity index (χ0v) is 19.2. The van der Waals surface area contributed by atoms with E-state index in [4.69, 9.17) is 9.47 Å². The smallest absolute Gasteiger partial charge is 0.271 e. The molecule has 0 radical (unpaired) electrons. The van der Waals surface area contributed by atoms with E-state index in [2.05, 4.69) is 10.4 Å². The molecule has 9 heteroatoms. The normalized spacial score (nSPS) is 15.6. The van der Waals surface area contributed by atoms with Crippen LogP contribution in [0.4, 0.5) is 10.2 Å². The third-order valence-corrected chi connectivity index (χ3v) is 5.89. The van der Waals surface area contributed by atoms with Crippen LogP contribution in [0.1, 0.15) is 18.4 Å². The molecular weight excluding hydrogens is 439 g/mol. The van der Waals surface area contributed by atoms with Gasteiger partial charge in [-0.05, 0) is 60.9 Å². The first-order chi connectivity index (χ1) is 16.5. The van der Waals surface area contributed by atoms with Crippen LogP contribution in [0.15, 0.2) is 59.4 Å². The summed E-state index contributed by atoms with van der Waals surface area (Å²) >= 11 is 0. The number of carbonyl (C=O) groups excluding carboxylic acids is 1. The fourth-order valence-electron chi connectivity index (χ4n) is 4.06. The predicted molar refractivity (Wildman–Crippen MR) is 126 cm³/mol. The van der Waals surface area contributed by atoms with E-state index in [1.54, 1.807) is 20.3 Å². The number of carbonyl (C=O) groups is 1. The lowest BCUT2D eigenvalue weighted by molar-refractivity contribution is -0.125. The minimum Gasteiger partial charge on any atom is -0.493 e. The SMILES string of the molecule is COc1ccc(CNC(=O)[C@H]2CCCN(c3ccc(=O)n(-c4ccc(F)cc4)n3)C2)cc1OC. The number of amides is 1. The van der Waals surface area contributed by atoms with Crippen LogP contribution >= 0.6 is 0 Å². The van der Waals surface area contributed by atoms with Gasteiger partial charge in [0.1, 0.15) is 11.6 Å². The van der Waals surface area contributed by atoms with E-state index in [9.17, 15) is 14.0 Å². The highest BCUT2D eigenvalue weighted by Gasteiger charge is 2.27. The highest BCUT2D eigenvalue weighted by atomic mass is 19.1. The number of piperidine rings is 1. The molecule has 0 saturated carbocycles. The summed E-state index contributed by atoms with van der Waals surface area (Å²) in [7, 11) is 3.15. The number of anilines is 1. The summed E-state index contributed by atoms with van der Waals surface area (Å²) < 4.78 is 25.1. The molecule has 4 rings (SSSR count). The van der Waals surface area contributed by atoms with Crippen molar-refractivity contribution in [2.75, 3.05) is 32.2 Å². The van der Waals surface area contributed by atoms with E-state index >= 15 is 0 Å². The molecule has 8 nitrogen and oxygen atoms in total. The van der Waals surface area contributed by atoms with Crippen LogP contribution < -0.4 is 25.2 Å². The first kappa shape index (κ1) is 23.3. The summed E-state index contributed by atoms with van der Waals surface area (Å²) in [5.74, 6) is 1.22. The summed E-state index contributed by atoms with van der Waals surface area (Å²) in [6, 6.07) is 14.2. The van der Waals surface area contributed by atoms with Crippen molar-refractivity contribution in [2.45, 2.75) is 19.4 Å². The van der Waals surface area contributed by atoms with Gasteiger partial charge in [0.2, 0.25) is 5.91 Å². The third-order valence-electron chi connectivity index (χ3n) is 5.89. The van der Waals surface area contributed by atoms with Gasteiger partial charge in [0.05, 0.1) is 25.8 Å². The molecule has 1 aliphatic rings. The van der Waals surface area contributed by atoms with Gasteiger partial charge < -0.3 is 19.7 Å². The van der Waals surface area contributed by atoms with Crippen molar-refractivity contribution in [1.29, 1.82) is 0 Å². The standard InChI is InChI=1S/C25H27FN4O4/c1-33-21-10-5-17(14-22(21)34-2)15-27-25(32)18-4-3-13-29(16-18)23-11-12-24(31)30(28-23)20-8-6-19(26)7-9-20/h5-12,14,18H,3-4,13,15-16H2,1-2H3,(H,27,32)/t18-/m0/s1. The molecule has 0 bridgehead atoms. The van der Waals surface area contributed by atoms with E-state index in [1.165, 1.54) is 35.0 Å². The second-order valence-electron chi connectivity index (χ2n) is 8.11. The number of nitrogens with one attached hydrogen (secondary N) is 1. The Bertz CT molecular complexity index is 1210. The Labute approximate surface area is 196 Å². The number of ether oxygens (including phenoxy) is 2. The number of hydrogen-bond donors (Lipinski definition) is 1. The van der Waals surface area contributed by atoms with E-state index in [1.807, 2.05) is 23.1 Å². The molecule has 34 heavy (non-hydrogen) atoms. The maximum atomic E-state index is 13.3. The molecule has 1 N–H and O–H groups in total. The molecule has 2 heterocycles. The van der Waals surface area contributed by atoms with Gasteiger partial charge in [0.15, 0.2) is 11.5 Å². The molecule has 0 spiro atoms. The topological polar surface area (TPSA) is 85.7 Å². The molecule has 1 amide bonds. The highest BCUT2D eigenvalue weighted by Crippen LogP contribution is 2.27. The lowest BCUT2D eigenvalue weighted by atomic mass is 9.97. The molecule has 178 valence electrons. The number of benzene rings is 2. The maximum Gasteiger partial charge on any atom is 0.271 e. The van der Waals surface area contributed by atoms with Gasteiger partial charge in [-0.15, -0.1) is 5.10 Å². The van der Waals surface area contributed by atoms with Gasteiger partial charge in [0, 0.05) is 25.7 Å². The fourth-order valence-corrected chi connectivity index (χ4v) is 4.06. The lowest BCUT2D eigenvalue weighted by Crippen LogP contribution is -2.43. The van der Waals surface area contributed by atoms with E-state index < -0.39 is 0 Å². The number of methoxy groups -OCH3 is 2. The van der Waals surface area contributed by atoms with Crippen molar-refractivity contribution >= 4 is 11.7 Å². The zero-order chi connectivity index (χ0) is 24.1. The number of rotatable bonds is 7. The Kier molecular flexibility index (Phi) is 7.10. The van der Waals surface area contributed by atoms with Crippen LogP contribution in [0.2, 0.25) is 0 Å². The second-order valence-corrected chi connectivity index (χ2v) is 8.11. The quantitative estimate of drug-likeness (QED) is 0.576. The van der Waals surface area contributed by atoms with Gasteiger partial charge in [-0.25, -0.2) is 4.39 Å². The van der Waals surface area contributed by atoms with Crippen molar-refractivity contribution in [3.8, 4) is 17.2 Å². The van der Waals surface area contributed by atoms with Crippen molar-refractivity contribution in [1.82, 2.24) is 15.1 Å². The van der Waals surface area contributed by atoms with Crippen molar-refractivity contribution < 1.29 is 18.7 Å². The van der Waals surface area contributed by atoms with Crippen LogP contribution in [-0.2, 0) is 11.3 Å². The van der Waals surface area contributed by atoms with Gasteiger partial charge in [0.25, 0.3) is 5.56 Å². The summed E-state index contributed by atoms with van der Waals surface area (Å²) in [5.41, 5.74) is 1.08. The largest absolute Gasteiger partial charge is 0.493 e. The number of nitrogens with zero attached hydrogens (tertiary/aromatic N) is 3. The van der Waals surface area contributed by atoms with Crippen LogP contribution in [0.3, 0.4) is 0 Å². The monoisotopic (exact) mass is 466 g/mol. The maximum absolute atomic E-state index is 13.3. The first-order valence-corrected chi connectivity index (χ1v) is 11.1. The average molecular weight is 467 g/mol. The Hall–Kier alpha value is -3.88. The molecule has 1 saturated heterocycles. The first-order valence-electron chi connectivity index (χ1n) is 11.1. The van der Waals surface area contributed by atoms with Crippen molar-refractivity contribution in [2.24, 2.45) is 5.92 Å². The molecule has 1 atom stereocenters. The minimum atomic E-state index is -0.383. The Morgan fingerprint density at radius 1 is 1.09 bits per heavy atom. The molecule has 1 aromatic heterocycles. The minimum absolute atomic E-state index is 0.0358. The lowest BCUT2D eigenvalue weighted by Gasteiger charge is -2.33. The molecule has 1 aliphatic heterocycles. The molecule has 2 aromatic carbocycles. The molecular formula is C25H27FN4O4. The molecule has 3 aromatic rings. The van der Waals surface area contributed by atoms with Crippen LogP contribution in [0.25, 0.3) is 5.69 Å². The summed E-state index contributed by atoms with van der Waals surface area (Å²) in [6.45, 7) is 1.60. The van der Waals surface area contributed by atoms with E-state index in [0.717, 1.165) is 24.9 Å². The fraction of sp³-hybridized carbons (Fsp3) is 0.320. The van der Waals surface area contributed by atoms with Crippen molar-refractivity contribution in [3.63, 3.8) is 0 Å². The Balaban J connectivity index is 1.43. The Morgan fingerprint density at radius 3 is 2.59 bits per heavy atom. The van der Waals surface area contributed by atoms with E-state index in [0.29, 0.717) is 36.1 Å². The zero-order valence-electron chi connectivity index (χ0n) is 19.2. The van der Waals surface area contributed by atoms with Gasteiger partial charge in [-0.1, -0.05) is 6.07 Å². The molecule has 1 fully saturated rings. The summed E-state index contributed by atoms with van der Waals surface area (Å²) in [6.07, 6.45) is 1.59. The molecule has 0 unspecified atom stereocenters. The number of halogens is 1. The second kappa shape index (κ2) is 10.4. The van der Waals surface area contributed by atoms with E-state index in [-0.39, 0.29) is 23.2 Å². The van der Waals surface area contributed by atoms with Crippen LogP contribution in [0.5, 0.6) is 11.5 Å². The Morgan fingerprint density at radius 2 is 1.85 bits per heavy atom. The van der Waals surface area contributed by atoms with Gasteiger partial charge in [-0.3, -0.25) is 9.59 Å². The van der Waals surface area contributed by atoms with Gasteiger partial charge in [-0.2, -0.15) is 4.68 Å².